The molecule has 118 valence electrons. The second-order valence-electron chi connectivity index (χ2n) is 6.90. The third kappa shape index (κ3) is 5.10. The Morgan fingerprint density at radius 3 is 2.62 bits per heavy atom. The van der Waals surface area contributed by atoms with E-state index < -0.39 is 0 Å². The molecule has 3 heteroatoms. The molecular formula is C18H29NOSe. The van der Waals surface area contributed by atoms with E-state index >= 15 is 0 Å². The Bertz CT molecular complexity index is 420. The first-order valence-corrected chi connectivity index (χ1v) is 10.2. The number of benzene rings is 1. The van der Waals surface area contributed by atoms with Gasteiger partial charge in [-0.3, -0.25) is 0 Å². The predicted octanol–water partition coefficient (Wildman–Crippen LogP) is 2.60. The van der Waals surface area contributed by atoms with Crippen molar-refractivity contribution >= 4 is 19.4 Å². The standard InChI is InChI=1S/C18H29NOSe/c1-14-9-10-16(17(20)13-14)18(2,3)19-11-12-21-15-7-5-4-6-8-15/h4-8,14,16-17,19-20H,9-13H2,1-3H3/t14-,16-,17-/m1/s1. The van der Waals surface area contributed by atoms with E-state index in [1.807, 2.05) is 0 Å². The number of rotatable bonds is 6. The van der Waals surface area contributed by atoms with Crippen molar-refractivity contribution in [1.82, 2.24) is 5.32 Å². The van der Waals surface area contributed by atoms with Crippen LogP contribution < -0.4 is 9.78 Å². The molecule has 0 unspecified atom stereocenters. The Balaban J connectivity index is 1.76. The van der Waals surface area contributed by atoms with Crippen molar-refractivity contribution in [2.45, 2.75) is 57.0 Å². The van der Waals surface area contributed by atoms with Gasteiger partial charge in [-0.1, -0.05) is 0 Å². The molecule has 0 spiro atoms. The molecule has 0 saturated heterocycles. The zero-order chi connectivity index (χ0) is 15.3. The Morgan fingerprint density at radius 1 is 1.24 bits per heavy atom. The molecule has 2 rings (SSSR count). The third-order valence-electron chi connectivity index (χ3n) is 4.70. The summed E-state index contributed by atoms with van der Waals surface area (Å²) in [6.45, 7) is 7.81. The van der Waals surface area contributed by atoms with Gasteiger partial charge in [0, 0.05) is 0 Å². The first kappa shape index (κ1) is 17.0. The van der Waals surface area contributed by atoms with Crippen molar-refractivity contribution in [3.8, 4) is 0 Å². The van der Waals surface area contributed by atoms with Gasteiger partial charge in [0.05, 0.1) is 0 Å². The SMILES string of the molecule is C[C@@H]1CC[C@@H](C(C)(C)NCC[Se]c2ccccc2)[C@H](O)C1. The van der Waals surface area contributed by atoms with Crippen LogP contribution in [0.3, 0.4) is 0 Å². The monoisotopic (exact) mass is 355 g/mol. The maximum absolute atomic E-state index is 10.4. The second kappa shape index (κ2) is 7.78. The van der Waals surface area contributed by atoms with Gasteiger partial charge in [0.1, 0.15) is 0 Å². The molecule has 1 aromatic carbocycles. The van der Waals surface area contributed by atoms with Crippen LogP contribution in [0, 0.1) is 11.8 Å². The molecule has 1 aliphatic rings. The van der Waals surface area contributed by atoms with Gasteiger partial charge in [0.15, 0.2) is 0 Å². The van der Waals surface area contributed by atoms with Gasteiger partial charge in [-0.05, 0) is 0 Å². The molecule has 3 atom stereocenters. The minimum atomic E-state index is -0.143. The van der Waals surface area contributed by atoms with Crippen LogP contribution in [0.4, 0.5) is 0 Å². The van der Waals surface area contributed by atoms with Crippen molar-refractivity contribution in [3.05, 3.63) is 30.3 Å². The van der Waals surface area contributed by atoms with E-state index in [1.165, 1.54) is 16.2 Å². The van der Waals surface area contributed by atoms with Crippen molar-refractivity contribution in [2.24, 2.45) is 11.8 Å². The number of aliphatic hydroxyl groups excluding tert-OH is 1. The summed E-state index contributed by atoms with van der Waals surface area (Å²) in [5, 5.41) is 15.3. The van der Waals surface area contributed by atoms with Crippen LogP contribution in [0.2, 0.25) is 5.32 Å². The number of hydrogen-bond acceptors (Lipinski definition) is 2. The van der Waals surface area contributed by atoms with E-state index in [2.05, 4.69) is 56.4 Å². The molecule has 2 N–H and O–H groups in total. The molecular weight excluding hydrogens is 325 g/mol. The second-order valence-corrected chi connectivity index (χ2v) is 9.35. The third-order valence-corrected chi connectivity index (χ3v) is 6.83. The molecule has 0 bridgehead atoms. The summed E-state index contributed by atoms with van der Waals surface area (Å²) in [4.78, 5) is 0. The topological polar surface area (TPSA) is 32.3 Å². The number of hydrogen-bond donors (Lipinski definition) is 2. The Kier molecular flexibility index (Phi) is 6.31. The van der Waals surface area contributed by atoms with Gasteiger partial charge in [0.2, 0.25) is 0 Å². The van der Waals surface area contributed by atoms with E-state index in [4.69, 9.17) is 0 Å². The maximum atomic E-state index is 10.4. The Labute approximate surface area is 135 Å². The summed E-state index contributed by atoms with van der Waals surface area (Å²) in [7, 11) is 0. The molecule has 0 radical (unpaired) electrons. The van der Waals surface area contributed by atoms with Crippen LogP contribution in [-0.2, 0) is 0 Å². The van der Waals surface area contributed by atoms with E-state index in [0.29, 0.717) is 26.8 Å². The van der Waals surface area contributed by atoms with Gasteiger partial charge in [-0.2, -0.15) is 0 Å². The van der Waals surface area contributed by atoms with E-state index in [0.717, 1.165) is 19.4 Å². The molecule has 2 nitrogen and oxygen atoms in total. The molecule has 0 heterocycles. The molecule has 1 fully saturated rings. The fourth-order valence-electron chi connectivity index (χ4n) is 3.38. The summed E-state index contributed by atoms with van der Waals surface area (Å²) < 4.78 is 1.47. The van der Waals surface area contributed by atoms with Crippen molar-refractivity contribution < 1.29 is 5.11 Å². The normalized spacial score (nSPS) is 26.8. The molecule has 1 aromatic rings. The van der Waals surface area contributed by atoms with E-state index in [9.17, 15) is 5.11 Å². The van der Waals surface area contributed by atoms with Gasteiger partial charge in [0.25, 0.3) is 0 Å². The number of aliphatic hydroxyl groups is 1. The molecule has 1 aliphatic carbocycles. The fraction of sp³-hybridized carbons (Fsp3) is 0.667. The Morgan fingerprint density at radius 2 is 1.95 bits per heavy atom. The Hall–Kier alpha value is -0.341. The fourth-order valence-corrected chi connectivity index (χ4v) is 5.04. The van der Waals surface area contributed by atoms with Crippen LogP contribution in [0.15, 0.2) is 30.3 Å². The predicted molar refractivity (Wildman–Crippen MR) is 91.2 cm³/mol. The summed E-state index contributed by atoms with van der Waals surface area (Å²) in [6, 6.07) is 10.8. The summed E-state index contributed by atoms with van der Waals surface area (Å²) in [6.07, 6.45) is 3.22. The summed E-state index contributed by atoms with van der Waals surface area (Å²) in [5.41, 5.74) is 0.0341. The van der Waals surface area contributed by atoms with E-state index in [1.54, 1.807) is 0 Å². The van der Waals surface area contributed by atoms with Gasteiger partial charge >= 0.3 is 136 Å². The zero-order valence-electron chi connectivity index (χ0n) is 13.5. The van der Waals surface area contributed by atoms with Crippen LogP contribution in [0.1, 0.15) is 40.0 Å². The van der Waals surface area contributed by atoms with Crippen LogP contribution >= 0.6 is 0 Å². The first-order valence-electron chi connectivity index (χ1n) is 8.10. The van der Waals surface area contributed by atoms with Crippen molar-refractivity contribution in [2.75, 3.05) is 6.54 Å². The van der Waals surface area contributed by atoms with Gasteiger partial charge in [-0.25, -0.2) is 0 Å². The molecule has 21 heavy (non-hydrogen) atoms. The first-order chi connectivity index (χ1) is 9.99. The van der Waals surface area contributed by atoms with Gasteiger partial charge in [-0.15, -0.1) is 0 Å². The van der Waals surface area contributed by atoms with Crippen LogP contribution in [-0.4, -0.2) is 38.3 Å². The summed E-state index contributed by atoms with van der Waals surface area (Å²) in [5.74, 6) is 1.06. The van der Waals surface area contributed by atoms with Crippen LogP contribution in [0.25, 0.3) is 0 Å². The molecule has 1 saturated carbocycles. The quantitative estimate of drug-likeness (QED) is 0.608. The van der Waals surface area contributed by atoms with E-state index in [-0.39, 0.29) is 11.6 Å². The zero-order valence-corrected chi connectivity index (χ0v) is 15.2. The van der Waals surface area contributed by atoms with Gasteiger partial charge < -0.3 is 0 Å². The summed E-state index contributed by atoms with van der Waals surface area (Å²) >= 11 is 0.546. The average molecular weight is 354 g/mol. The molecule has 0 aliphatic heterocycles. The molecule has 0 aromatic heterocycles. The molecule has 0 amide bonds. The average Bonchev–Trinajstić information content (AvgIpc) is 2.44. The van der Waals surface area contributed by atoms with Crippen LogP contribution in [0.5, 0.6) is 0 Å². The van der Waals surface area contributed by atoms with Crippen molar-refractivity contribution in [1.29, 1.82) is 0 Å². The minimum absolute atomic E-state index is 0.0341. The number of nitrogens with one attached hydrogen (secondary N) is 1. The van der Waals surface area contributed by atoms with Crippen molar-refractivity contribution in [3.63, 3.8) is 0 Å².